The van der Waals surface area contributed by atoms with Gasteiger partial charge in [-0.1, -0.05) is 12.1 Å². The zero-order valence-electron chi connectivity index (χ0n) is 10.7. The molecular formula is C14H18O4. The first-order valence-corrected chi connectivity index (χ1v) is 6.06. The van der Waals surface area contributed by atoms with Crippen molar-refractivity contribution >= 4 is 5.97 Å². The molecule has 0 spiro atoms. The van der Waals surface area contributed by atoms with Gasteiger partial charge in [0.15, 0.2) is 0 Å². The van der Waals surface area contributed by atoms with Crippen LogP contribution in [0.2, 0.25) is 0 Å². The normalized spacial score (nSPS) is 16.8. The van der Waals surface area contributed by atoms with Gasteiger partial charge in [0.2, 0.25) is 0 Å². The van der Waals surface area contributed by atoms with E-state index in [4.69, 9.17) is 9.47 Å². The number of carboxylic acids is 1. The third kappa shape index (κ3) is 2.20. The van der Waals surface area contributed by atoms with E-state index in [1.54, 1.807) is 14.0 Å². The maximum absolute atomic E-state index is 11.5. The number of aliphatic carboxylic acids is 1. The Morgan fingerprint density at radius 3 is 3.00 bits per heavy atom. The average molecular weight is 250 g/mol. The zero-order valence-corrected chi connectivity index (χ0v) is 10.7. The van der Waals surface area contributed by atoms with Gasteiger partial charge in [0.05, 0.1) is 12.0 Å². The fraction of sp³-hybridized carbons (Fsp3) is 0.500. The summed E-state index contributed by atoms with van der Waals surface area (Å²) in [6.07, 6.45) is 1.31. The summed E-state index contributed by atoms with van der Waals surface area (Å²) in [6.45, 7) is 2.85. The smallest absolute Gasteiger partial charge is 0.313 e. The van der Waals surface area contributed by atoms with Crippen LogP contribution < -0.4 is 4.74 Å². The first-order chi connectivity index (χ1) is 8.58. The lowest BCUT2D eigenvalue weighted by molar-refractivity contribution is -0.143. The number of ether oxygens (including phenoxy) is 2. The molecule has 1 heterocycles. The second-order valence-electron chi connectivity index (χ2n) is 4.80. The lowest BCUT2D eigenvalue weighted by atomic mass is 9.79. The van der Waals surface area contributed by atoms with E-state index >= 15 is 0 Å². The summed E-state index contributed by atoms with van der Waals surface area (Å²) in [5.41, 5.74) is 1.00. The fourth-order valence-electron chi connectivity index (χ4n) is 2.21. The zero-order chi connectivity index (χ0) is 13.2. The molecule has 18 heavy (non-hydrogen) atoms. The first-order valence-electron chi connectivity index (χ1n) is 6.06. The van der Waals surface area contributed by atoms with E-state index in [1.165, 1.54) is 0 Å². The number of carbonyl (C=O) groups is 1. The second-order valence-corrected chi connectivity index (χ2v) is 4.80. The van der Waals surface area contributed by atoms with Crippen LogP contribution in [-0.2, 0) is 21.4 Å². The molecule has 98 valence electrons. The summed E-state index contributed by atoms with van der Waals surface area (Å²) in [5.74, 6) is 0.0524. The summed E-state index contributed by atoms with van der Waals surface area (Å²) in [6, 6.07) is 5.66. The molecule has 0 bridgehead atoms. The molecule has 0 radical (unpaired) electrons. The molecule has 0 aliphatic carbocycles. The van der Waals surface area contributed by atoms with Crippen LogP contribution in [0.5, 0.6) is 5.75 Å². The Kier molecular flexibility index (Phi) is 3.57. The van der Waals surface area contributed by atoms with Gasteiger partial charge < -0.3 is 14.6 Å². The van der Waals surface area contributed by atoms with E-state index in [1.807, 2.05) is 18.2 Å². The number of fused-ring (bicyclic) bond motifs is 1. The van der Waals surface area contributed by atoms with E-state index in [9.17, 15) is 9.90 Å². The van der Waals surface area contributed by atoms with Crippen molar-refractivity contribution in [3.8, 4) is 5.75 Å². The van der Waals surface area contributed by atoms with Crippen LogP contribution in [0.25, 0.3) is 0 Å². The Labute approximate surface area is 107 Å². The van der Waals surface area contributed by atoms with Gasteiger partial charge in [-0.15, -0.1) is 0 Å². The van der Waals surface area contributed by atoms with Crippen molar-refractivity contribution in [1.29, 1.82) is 0 Å². The quantitative estimate of drug-likeness (QED) is 0.868. The Hall–Kier alpha value is -1.55. The summed E-state index contributed by atoms with van der Waals surface area (Å²) >= 11 is 0. The third-order valence-corrected chi connectivity index (χ3v) is 3.60. The van der Waals surface area contributed by atoms with E-state index < -0.39 is 11.4 Å². The molecule has 1 aromatic rings. The number of rotatable bonds is 5. The summed E-state index contributed by atoms with van der Waals surface area (Å²) in [5, 5.41) is 9.47. The minimum Gasteiger partial charge on any atom is -0.493 e. The molecule has 1 N–H and O–H groups in total. The third-order valence-electron chi connectivity index (χ3n) is 3.60. The molecule has 0 saturated heterocycles. The topological polar surface area (TPSA) is 55.8 Å². The molecule has 0 fully saturated rings. The number of hydrogen-bond donors (Lipinski definition) is 1. The number of carboxylic acid groups (broad SMARTS) is 1. The Balaban J connectivity index is 2.33. The number of methoxy groups -OCH3 is 1. The predicted octanol–water partition coefficient (Wildman–Crippen LogP) is 2.00. The molecule has 1 aliphatic rings. The van der Waals surface area contributed by atoms with Gasteiger partial charge in [0, 0.05) is 20.1 Å². The molecule has 2 rings (SSSR count). The number of hydrogen-bond acceptors (Lipinski definition) is 3. The number of benzene rings is 1. The maximum atomic E-state index is 11.5. The van der Waals surface area contributed by atoms with E-state index in [0.29, 0.717) is 19.6 Å². The van der Waals surface area contributed by atoms with Gasteiger partial charge in [-0.25, -0.2) is 0 Å². The maximum Gasteiger partial charge on any atom is 0.313 e. The van der Waals surface area contributed by atoms with Gasteiger partial charge in [-0.3, -0.25) is 4.79 Å². The molecule has 1 unspecified atom stereocenters. The van der Waals surface area contributed by atoms with E-state index in [2.05, 4.69) is 0 Å². The van der Waals surface area contributed by atoms with Crippen LogP contribution in [-0.4, -0.2) is 31.4 Å². The molecular weight excluding hydrogens is 232 g/mol. The SMILES string of the molecule is COCCC(C)(C(=O)O)c1ccc2c(c1)CCO2. The van der Waals surface area contributed by atoms with Crippen molar-refractivity contribution in [3.63, 3.8) is 0 Å². The molecule has 4 heteroatoms. The molecule has 1 atom stereocenters. The largest absolute Gasteiger partial charge is 0.493 e. The van der Waals surface area contributed by atoms with Crippen LogP contribution in [0, 0.1) is 0 Å². The summed E-state index contributed by atoms with van der Waals surface area (Å²) in [7, 11) is 1.58. The Bertz CT molecular complexity index is 455. The van der Waals surface area contributed by atoms with Crippen molar-refractivity contribution in [3.05, 3.63) is 29.3 Å². The molecule has 1 aliphatic heterocycles. The van der Waals surface area contributed by atoms with Crippen LogP contribution >= 0.6 is 0 Å². The summed E-state index contributed by atoms with van der Waals surface area (Å²) in [4.78, 5) is 11.5. The van der Waals surface area contributed by atoms with E-state index in [0.717, 1.165) is 23.3 Å². The molecule has 4 nitrogen and oxygen atoms in total. The van der Waals surface area contributed by atoms with Crippen molar-refractivity contribution in [2.75, 3.05) is 20.3 Å². The molecule has 0 saturated carbocycles. The highest BCUT2D eigenvalue weighted by Gasteiger charge is 2.35. The average Bonchev–Trinajstić information content (AvgIpc) is 2.82. The molecule has 0 aromatic heterocycles. The Morgan fingerprint density at radius 2 is 2.33 bits per heavy atom. The lowest BCUT2D eigenvalue weighted by Gasteiger charge is -2.25. The standard InChI is InChI=1S/C14H18O4/c1-14(13(15)16,6-8-17-2)11-3-4-12-10(9-11)5-7-18-12/h3-4,9H,5-8H2,1-2H3,(H,15,16). The summed E-state index contributed by atoms with van der Waals surface area (Å²) < 4.78 is 10.4. The van der Waals surface area contributed by atoms with Crippen LogP contribution in [0.15, 0.2) is 18.2 Å². The lowest BCUT2D eigenvalue weighted by Crippen LogP contribution is -2.33. The molecule has 1 aromatic carbocycles. The predicted molar refractivity (Wildman–Crippen MR) is 67.1 cm³/mol. The molecule has 0 amide bonds. The van der Waals surface area contributed by atoms with Gasteiger partial charge in [0.25, 0.3) is 0 Å². The van der Waals surface area contributed by atoms with Gasteiger partial charge in [0.1, 0.15) is 5.75 Å². The van der Waals surface area contributed by atoms with Crippen LogP contribution in [0.3, 0.4) is 0 Å². The highest BCUT2D eigenvalue weighted by molar-refractivity contribution is 5.81. The minimum atomic E-state index is -0.909. The monoisotopic (exact) mass is 250 g/mol. The van der Waals surface area contributed by atoms with Crippen molar-refractivity contribution in [2.45, 2.75) is 25.2 Å². The van der Waals surface area contributed by atoms with Gasteiger partial charge in [-0.2, -0.15) is 0 Å². The minimum absolute atomic E-state index is 0.427. The van der Waals surface area contributed by atoms with Crippen molar-refractivity contribution in [2.24, 2.45) is 0 Å². The van der Waals surface area contributed by atoms with E-state index in [-0.39, 0.29) is 0 Å². The Morgan fingerprint density at radius 1 is 1.56 bits per heavy atom. The fourth-order valence-corrected chi connectivity index (χ4v) is 2.21. The first kappa shape index (κ1) is 12.9. The van der Waals surface area contributed by atoms with Gasteiger partial charge >= 0.3 is 5.97 Å². The highest BCUT2D eigenvalue weighted by atomic mass is 16.5. The van der Waals surface area contributed by atoms with Crippen LogP contribution in [0.1, 0.15) is 24.5 Å². The van der Waals surface area contributed by atoms with Crippen molar-refractivity contribution < 1.29 is 19.4 Å². The van der Waals surface area contributed by atoms with Crippen molar-refractivity contribution in [1.82, 2.24) is 0 Å². The second kappa shape index (κ2) is 4.98. The van der Waals surface area contributed by atoms with Gasteiger partial charge in [-0.05, 0) is 30.5 Å². The highest BCUT2D eigenvalue weighted by Crippen LogP contribution is 2.33. The van der Waals surface area contributed by atoms with Crippen LogP contribution in [0.4, 0.5) is 0 Å².